The maximum Gasteiger partial charge on any atom is 0.410 e. The second-order valence-corrected chi connectivity index (χ2v) is 15.1. The summed E-state index contributed by atoms with van der Waals surface area (Å²) in [5, 5.41) is 10.7. The van der Waals surface area contributed by atoms with Crippen molar-refractivity contribution in [3.8, 4) is 11.3 Å². The topological polar surface area (TPSA) is 124 Å². The molecule has 0 saturated heterocycles. The fourth-order valence-corrected chi connectivity index (χ4v) is 6.68. The maximum atomic E-state index is 15.0. The number of nitrogens with one attached hydrogen (secondary N) is 2. The van der Waals surface area contributed by atoms with Crippen molar-refractivity contribution in [1.29, 1.82) is 0 Å². The van der Waals surface area contributed by atoms with Gasteiger partial charge in [0, 0.05) is 43.5 Å². The van der Waals surface area contributed by atoms with Crippen molar-refractivity contribution in [1.82, 2.24) is 30.0 Å². The second kappa shape index (κ2) is 18.3. The Balaban J connectivity index is 1.10. The monoisotopic (exact) mass is 705 g/mol. The van der Waals surface area contributed by atoms with Crippen LogP contribution in [0, 0.1) is 11.7 Å². The Morgan fingerprint density at radius 3 is 2.37 bits per heavy atom. The van der Waals surface area contributed by atoms with E-state index in [1.165, 1.54) is 19.0 Å². The number of hydrogen-bond acceptors (Lipinski definition) is 8. The number of carbonyl (C=O) groups excluding carboxylic acids is 2. The van der Waals surface area contributed by atoms with Crippen molar-refractivity contribution < 1.29 is 23.5 Å². The van der Waals surface area contributed by atoms with Crippen LogP contribution in [-0.2, 0) is 29.5 Å². The number of hydrogen-bond donors (Lipinski definition) is 2. The van der Waals surface area contributed by atoms with Crippen LogP contribution >= 0.6 is 0 Å². The van der Waals surface area contributed by atoms with Crippen LogP contribution in [0.25, 0.3) is 11.3 Å². The number of ether oxygens (including phenoxy) is 2. The van der Waals surface area contributed by atoms with Crippen molar-refractivity contribution in [3.05, 3.63) is 59.8 Å². The Morgan fingerprint density at radius 2 is 1.67 bits per heavy atom. The lowest BCUT2D eigenvalue weighted by Gasteiger charge is -2.36. The van der Waals surface area contributed by atoms with Gasteiger partial charge in [0.1, 0.15) is 17.9 Å². The van der Waals surface area contributed by atoms with Crippen molar-refractivity contribution in [2.45, 2.75) is 129 Å². The maximum absolute atomic E-state index is 15.0. The minimum absolute atomic E-state index is 0.0790. The summed E-state index contributed by atoms with van der Waals surface area (Å²) >= 11 is 0. The fraction of sp³-hybridized carbons (Fsp3) is 0.615. The van der Waals surface area contributed by atoms with Crippen LogP contribution in [0.1, 0.15) is 109 Å². The molecular formula is C39H56FN7O4. The van der Waals surface area contributed by atoms with Crippen LogP contribution in [0.5, 0.6) is 0 Å². The second-order valence-electron chi connectivity index (χ2n) is 15.1. The number of rotatable bonds is 17. The molecule has 2 amide bonds. The Labute approximate surface area is 302 Å². The first kappa shape index (κ1) is 38.0. The van der Waals surface area contributed by atoms with Crippen LogP contribution < -0.4 is 10.6 Å². The summed E-state index contributed by atoms with van der Waals surface area (Å²) in [4.78, 5) is 36.1. The van der Waals surface area contributed by atoms with E-state index in [4.69, 9.17) is 9.47 Å². The first-order valence-corrected chi connectivity index (χ1v) is 18.8. The van der Waals surface area contributed by atoms with Gasteiger partial charge in [-0.3, -0.25) is 4.68 Å². The van der Waals surface area contributed by atoms with Gasteiger partial charge in [-0.2, -0.15) is 5.10 Å². The molecule has 0 atom stereocenters. The van der Waals surface area contributed by atoms with E-state index in [2.05, 4.69) is 25.7 Å². The molecule has 2 aliphatic carbocycles. The third kappa shape index (κ3) is 12.2. The van der Waals surface area contributed by atoms with Gasteiger partial charge in [-0.05, 0) is 90.0 Å². The summed E-state index contributed by atoms with van der Waals surface area (Å²) in [6.07, 6.45) is 14.9. The van der Waals surface area contributed by atoms with Crippen LogP contribution in [-0.4, -0.2) is 67.6 Å². The largest absolute Gasteiger partial charge is 0.445 e. The van der Waals surface area contributed by atoms with Crippen molar-refractivity contribution in [3.63, 3.8) is 0 Å². The summed E-state index contributed by atoms with van der Waals surface area (Å²) in [5.41, 5.74) is 2.50. The van der Waals surface area contributed by atoms with Gasteiger partial charge in [0.2, 0.25) is 5.95 Å². The number of alkyl carbamates (subject to hydrolysis) is 1. The molecule has 1 aromatic carbocycles. The zero-order chi connectivity index (χ0) is 36.2. The number of unbranched alkanes of at least 4 members (excludes halogenated alkanes) is 5. The average molecular weight is 706 g/mol. The van der Waals surface area contributed by atoms with Gasteiger partial charge in [-0.15, -0.1) is 0 Å². The summed E-state index contributed by atoms with van der Waals surface area (Å²) in [6.45, 7) is 7.06. The molecule has 0 bridgehead atoms. The van der Waals surface area contributed by atoms with Gasteiger partial charge >= 0.3 is 12.2 Å². The van der Waals surface area contributed by atoms with Gasteiger partial charge in [0.15, 0.2) is 5.82 Å². The minimum atomic E-state index is -0.494. The highest BCUT2D eigenvalue weighted by Crippen LogP contribution is 2.36. The zero-order valence-electron chi connectivity index (χ0n) is 30.8. The van der Waals surface area contributed by atoms with E-state index < -0.39 is 11.4 Å². The van der Waals surface area contributed by atoms with E-state index in [0.717, 1.165) is 87.4 Å². The normalized spacial score (nSPS) is 17.5. The van der Waals surface area contributed by atoms with E-state index >= 15 is 0 Å². The minimum Gasteiger partial charge on any atom is -0.445 e. The lowest BCUT2D eigenvalue weighted by Crippen LogP contribution is -2.44. The third-order valence-corrected chi connectivity index (χ3v) is 9.64. The van der Waals surface area contributed by atoms with Gasteiger partial charge < -0.3 is 25.0 Å². The molecule has 0 spiro atoms. The number of amides is 2. The van der Waals surface area contributed by atoms with Crippen molar-refractivity contribution >= 4 is 18.1 Å². The molecule has 2 aliphatic rings. The standard InChI is InChI=1S/C39H56FN7O4/c1-39(2,3)51-37(48)41-22-12-7-5-6-8-13-23-47(38(49)50-27-29-14-10-9-11-15-29)31-20-18-30(19-21-31)44-36-42-26-33(40)35(45-36)32-25-43-46(4)34(32)24-28-16-17-28/h9-11,14-15,25-26,28,30-31H,5-8,12-13,16-24,27H2,1-4H3,(H,41,48)(H,42,44,45). The molecular weight excluding hydrogens is 649 g/mol. The predicted octanol–water partition coefficient (Wildman–Crippen LogP) is 8.20. The highest BCUT2D eigenvalue weighted by molar-refractivity contribution is 5.68. The van der Waals surface area contributed by atoms with Crippen LogP contribution in [0.2, 0.25) is 0 Å². The molecule has 2 aromatic heterocycles. The molecule has 12 heteroatoms. The van der Waals surface area contributed by atoms with Gasteiger partial charge in [0.05, 0.1) is 12.4 Å². The Kier molecular flexibility index (Phi) is 13.7. The molecule has 0 unspecified atom stereocenters. The summed E-state index contributed by atoms with van der Waals surface area (Å²) in [5.74, 6) is 0.600. The SMILES string of the molecule is Cn1ncc(-c2nc(NC3CCC(N(CCCCCCCCNC(=O)OC(C)(C)C)C(=O)OCc4ccccc4)CC3)ncc2F)c1CC1CC1. The fourth-order valence-electron chi connectivity index (χ4n) is 6.68. The molecule has 51 heavy (non-hydrogen) atoms. The van der Waals surface area contributed by atoms with Crippen LogP contribution in [0.4, 0.5) is 19.9 Å². The van der Waals surface area contributed by atoms with E-state index in [1.807, 2.05) is 67.7 Å². The van der Waals surface area contributed by atoms with Gasteiger partial charge in [0.25, 0.3) is 0 Å². The molecule has 3 aromatic rings. The van der Waals surface area contributed by atoms with Crippen LogP contribution in [0.3, 0.4) is 0 Å². The number of carbonyl (C=O) groups is 2. The number of aromatic nitrogens is 4. The predicted molar refractivity (Wildman–Crippen MR) is 196 cm³/mol. The number of halogens is 1. The molecule has 2 heterocycles. The zero-order valence-corrected chi connectivity index (χ0v) is 30.8. The Bertz CT molecular complexity index is 1550. The first-order valence-electron chi connectivity index (χ1n) is 18.8. The van der Waals surface area contributed by atoms with E-state index in [-0.39, 0.29) is 36.6 Å². The lowest BCUT2D eigenvalue weighted by molar-refractivity contribution is 0.0526. The van der Waals surface area contributed by atoms with Gasteiger partial charge in [-0.1, -0.05) is 56.0 Å². The quantitative estimate of drug-likeness (QED) is 0.135. The van der Waals surface area contributed by atoms with Crippen molar-refractivity contribution in [2.75, 3.05) is 18.4 Å². The molecule has 5 rings (SSSR count). The first-order chi connectivity index (χ1) is 24.6. The molecule has 11 nitrogen and oxygen atoms in total. The van der Waals surface area contributed by atoms with Gasteiger partial charge in [-0.25, -0.2) is 23.9 Å². The highest BCUT2D eigenvalue weighted by atomic mass is 19.1. The number of nitrogens with zero attached hydrogens (tertiary/aromatic N) is 5. The summed E-state index contributed by atoms with van der Waals surface area (Å²) in [7, 11) is 1.90. The third-order valence-electron chi connectivity index (χ3n) is 9.64. The van der Waals surface area contributed by atoms with Crippen molar-refractivity contribution in [2.24, 2.45) is 13.0 Å². The molecule has 2 N–H and O–H groups in total. The Hall–Kier alpha value is -4.22. The summed E-state index contributed by atoms with van der Waals surface area (Å²) in [6, 6.07) is 9.96. The molecule has 2 saturated carbocycles. The van der Waals surface area contributed by atoms with E-state index in [9.17, 15) is 14.0 Å². The molecule has 0 radical (unpaired) electrons. The number of aryl methyl sites for hydroxylation is 1. The number of anilines is 1. The van der Waals surface area contributed by atoms with E-state index in [1.54, 1.807) is 6.20 Å². The summed E-state index contributed by atoms with van der Waals surface area (Å²) < 4.78 is 27.9. The smallest absolute Gasteiger partial charge is 0.410 e. The van der Waals surface area contributed by atoms with Crippen LogP contribution in [0.15, 0.2) is 42.7 Å². The molecule has 278 valence electrons. The van der Waals surface area contributed by atoms with E-state index in [0.29, 0.717) is 25.0 Å². The number of benzene rings is 1. The lowest BCUT2D eigenvalue weighted by atomic mass is 9.90. The molecule has 2 fully saturated rings. The Morgan fingerprint density at radius 1 is 0.961 bits per heavy atom. The molecule has 0 aliphatic heterocycles. The highest BCUT2D eigenvalue weighted by Gasteiger charge is 2.31. The average Bonchev–Trinajstić information content (AvgIpc) is 3.86.